The maximum Gasteiger partial charge on any atom is 0.326 e. The van der Waals surface area contributed by atoms with Crippen LogP contribution in [0.3, 0.4) is 0 Å². The number of nitrogens with zero attached hydrogens (tertiary/aromatic N) is 1. The Hall–Kier alpha value is -1.14. The third-order valence-electron chi connectivity index (χ3n) is 3.97. The van der Waals surface area contributed by atoms with Crippen LogP contribution in [0, 0.1) is 5.92 Å². The van der Waals surface area contributed by atoms with Crippen molar-refractivity contribution in [1.82, 2.24) is 4.90 Å². The van der Waals surface area contributed by atoms with Crippen molar-refractivity contribution < 1.29 is 19.8 Å². The van der Waals surface area contributed by atoms with Crippen LogP contribution in [0.1, 0.15) is 32.1 Å². The van der Waals surface area contributed by atoms with Gasteiger partial charge in [-0.15, -0.1) is 0 Å². The maximum atomic E-state index is 12.3. The summed E-state index contributed by atoms with van der Waals surface area (Å²) in [7, 11) is 0. The van der Waals surface area contributed by atoms with E-state index in [1.807, 2.05) is 0 Å². The topological polar surface area (TPSA) is 104 Å². The molecule has 6 heteroatoms. The molecule has 102 valence electrons. The molecule has 0 radical (unpaired) electrons. The summed E-state index contributed by atoms with van der Waals surface area (Å²) >= 11 is 0. The third kappa shape index (κ3) is 2.64. The molecule has 1 saturated carbocycles. The molecule has 0 spiro atoms. The van der Waals surface area contributed by atoms with E-state index in [2.05, 4.69) is 0 Å². The number of rotatable bonds is 2. The van der Waals surface area contributed by atoms with Gasteiger partial charge in [0.05, 0.1) is 6.10 Å². The number of amides is 1. The van der Waals surface area contributed by atoms with Crippen molar-refractivity contribution in [2.75, 3.05) is 6.54 Å². The fourth-order valence-corrected chi connectivity index (χ4v) is 2.89. The zero-order valence-electron chi connectivity index (χ0n) is 10.3. The molecule has 2 aliphatic rings. The molecule has 0 bridgehead atoms. The Bertz CT molecular complexity index is 339. The number of aliphatic hydroxyl groups excluding tert-OH is 1. The number of hydrogen-bond donors (Lipinski definition) is 3. The number of β-amino-alcohol motifs (C(OH)–C–C–N with tert-alkyl or cyclic N) is 1. The van der Waals surface area contributed by atoms with Gasteiger partial charge in [-0.2, -0.15) is 0 Å². The lowest BCUT2D eigenvalue weighted by molar-refractivity contribution is -0.150. The number of hydrogen-bond acceptors (Lipinski definition) is 4. The minimum absolute atomic E-state index is 0.128. The number of carboxylic acids is 1. The first kappa shape index (κ1) is 13.3. The SMILES string of the molecule is NC1CCC(C(=O)N2CC(O)CC2C(=O)O)CC1. The molecule has 4 N–H and O–H groups in total. The van der Waals surface area contributed by atoms with Crippen LogP contribution >= 0.6 is 0 Å². The van der Waals surface area contributed by atoms with E-state index >= 15 is 0 Å². The van der Waals surface area contributed by atoms with Gasteiger partial charge < -0.3 is 20.8 Å². The molecule has 1 saturated heterocycles. The van der Waals surface area contributed by atoms with Crippen LogP contribution in [0.25, 0.3) is 0 Å². The van der Waals surface area contributed by atoms with Gasteiger partial charge >= 0.3 is 5.97 Å². The minimum atomic E-state index is -1.03. The van der Waals surface area contributed by atoms with Gasteiger partial charge in [-0.1, -0.05) is 0 Å². The Labute approximate surface area is 106 Å². The summed E-state index contributed by atoms with van der Waals surface area (Å²) in [6.07, 6.45) is 2.47. The second-order valence-corrected chi connectivity index (χ2v) is 5.35. The average Bonchev–Trinajstić information content (AvgIpc) is 2.71. The molecule has 18 heavy (non-hydrogen) atoms. The molecular weight excluding hydrogens is 236 g/mol. The molecule has 1 aliphatic carbocycles. The summed E-state index contributed by atoms with van der Waals surface area (Å²) in [5, 5.41) is 18.6. The van der Waals surface area contributed by atoms with Gasteiger partial charge in [0.15, 0.2) is 0 Å². The van der Waals surface area contributed by atoms with E-state index in [0.29, 0.717) is 0 Å². The summed E-state index contributed by atoms with van der Waals surface area (Å²) in [4.78, 5) is 24.7. The monoisotopic (exact) mass is 256 g/mol. The lowest BCUT2D eigenvalue weighted by Gasteiger charge is -2.30. The molecule has 2 atom stereocenters. The number of carboxylic acid groups (broad SMARTS) is 1. The summed E-state index contributed by atoms with van der Waals surface area (Å²) in [5.41, 5.74) is 5.79. The quantitative estimate of drug-likeness (QED) is 0.621. The Morgan fingerprint density at radius 3 is 2.33 bits per heavy atom. The summed E-state index contributed by atoms with van der Waals surface area (Å²) in [6, 6.07) is -0.711. The van der Waals surface area contributed by atoms with Crippen LogP contribution in [0.5, 0.6) is 0 Å². The third-order valence-corrected chi connectivity index (χ3v) is 3.97. The second kappa shape index (κ2) is 5.24. The Morgan fingerprint density at radius 1 is 1.17 bits per heavy atom. The van der Waals surface area contributed by atoms with Crippen molar-refractivity contribution in [1.29, 1.82) is 0 Å². The van der Waals surface area contributed by atoms with Gasteiger partial charge in [0.1, 0.15) is 6.04 Å². The fraction of sp³-hybridized carbons (Fsp3) is 0.833. The normalized spacial score (nSPS) is 36.7. The highest BCUT2D eigenvalue weighted by Crippen LogP contribution is 2.28. The van der Waals surface area contributed by atoms with Crippen LogP contribution in [-0.4, -0.2) is 51.7 Å². The first-order valence-corrected chi connectivity index (χ1v) is 6.46. The van der Waals surface area contributed by atoms with Gasteiger partial charge in [0.2, 0.25) is 5.91 Å². The molecule has 2 unspecified atom stereocenters. The molecule has 0 aromatic carbocycles. The summed E-state index contributed by atoms with van der Waals surface area (Å²) in [6.45, 7) is 0.137. The highest BCUT2D eigenvalue weighted by Gasteiger charge is 2.41. The first-order valence-electron chi connectivity index (χ1n) is 6.46. The highest BCUT2D eigenvalue weighted by atomic mass is 16.4. The molecule has 1 aliphatic heterocycles. The van der Waals surface area contributed by atoms with Crippen molar-refractivity contribution >= 4 is 11.9 Å². The molecular formula is C12H20N2O4. The van der Waals surface area contributed by atoms with E-state index in [0.717, 1.165) is 25.7 Å². The largest absolute Gasteiger partial charge is 0.480 e. The van der Waals surface area contributed by atoms with Crippen LogP contribution in [0.2, 0.25) is 0 Å². The van der Waals surface area contributed by atoms with Crippen LogP contribution in [0.15, 0.2) is 0 Å². The van der Waals surface area contributed by atoms with Crippen molar-refractivity contribution in [3.63, 3.8) is 0 Å². The van der Waals surface area contributed by atoms with Gasteiger partial charge in [0, 0.05) is 24.9 Å². The Balaban J connectivity index is 2.01. The number of carbonyl (C=O) groups is 2. The van der Waals surface area contributed by atoms with Gasteiger partial charge in [0.25, 0.3) is 0 Å². The molecule has 0 aromatic heterocycles. The Kier molecular flexibility index (Phi) is 3.87. The molecule has 1 heterocycles. The molecule has 2 rings (SSSR count). The fourth-order valence-electron chi connectivity index (χ4n) is 2.89. The van der Waals surface area contributed by atoms with E-state index in [9.17, 15) is 14.7 Å². The van der Waals surface area contributed by atoms with Crippen LogP contribution in [0.4, 0.5) is 0 Å². The van der Waals surface area contributed by atoms with E-state index in [1.165, 1.54) is 4.90 Å². The van der Waals surface area contributed by atoms with Crippen molar-refractivity contribution in [3.8, 4) is 0 Å². The van der Waals surface area contributed by atoms with E-state index in [1.54, 1.807) is 0 Å². The molecule has 6 nitrogen and oxygen atoms in total. The van der Waals surface area contributed by atoms with Crippen LogP contribution < -0.4 is 5.73 Å². The van der Waals surface area contributed by atoms with Crippen molar-refractivity contribution in [2.45, 2.75) is 50.3 Å². The zero-order chi connectivity index (χ0) is 13.3. The van der Waals surface area contributed by atoms with Crippen LogP contribution in [-0.2, 0) is 9.59 Å². The van der Waals surface area contributed by atoms with Gasteiger partial charge in [-0.05, 0) is 25.7 Å². The standard InChI is InChI=1S/C12H20N2O4/c13-8-3-1-7(2-4-8)11(16)14-6-9(15)5-10(14)12(17)18/h7-10,15H,1-6,13H2,(H,17,18). The number of nitrogens with two attached hydrogens (primary N) is 1. The lowest BCUT2D eigenvalue weighted by atomic mass is 9.85. The van der Waals surface area contributed by atoms with E-state index in [-0.39, 0.29) is 30.8 Å². The molecule has 0 aromatic rings. The highest BCUT2D eigenvalue weighted by molar-refractivity contribution is 5.85. The van der Waals surface area contributed by atoms with Gasteiger partial charge in [-0.25, -0.2) is 4.79 Å². The van der Waals surface area contributed by atoms with E-state index in [4.69, 9.17) is 10.8 Å². The predicted octanol–water partition coefficient (Wildman–Crippen LogP) is -0.450. The lowest BCUT2D eigenvalue weighted by Crippen LogP contribution is -2.45. The van der Waals surface area contributed by atoms with E-state index < -0.39 is 18.1 Å². The number of likely N-dealkylation sites (tertiary alicyclic amines) is 1. The summed E-state index contributed by atoms with van der Waals surface area (Å²) in [5.74, 6) is -1.30. The maximum absolute atomic E-state index is 12.3. The summed E-state index contributed by atoms with van der Waals surface area (Å²) < 4.78 is 0. The average molecular weight is 256 g/mol. The number of carbonyl (C=O) groups excluding carboxylic acids is 1. The minimum Gasteiger partial charge on any atom is -0.480 e. The number of aliphatic hydroxyl groups is 1. The zero-order valence-corrected chi connectivity index (χ0v) is 10.3. The first-order chi connectivity index (χ1) is 8.49. The van der Waals surface area contributed by atoms with Gasteiger partial charge in [-0.3, -0.25) is 4.79 Å². The number of aliphatic carboxylic acids is 1. The Morgan fingerprint density at radius 2 is 1.78 bits per heavy atom. The second-order valence-electron chi connectivity index (χ2n) is 5.35. The molecule has 1 amide bonds. The molecule has 2 fully saturated rings. The predicted molar refractivity (Wildman–Crippen MR) is 63.7 cm³/mol. The van der Waals surface area contributed by atoms with Crippen molar-refractivity contribution in [3.05, 3.63) is 0 Å². The smallest absolute Gasteiger partial charge is 0.326 e. The van der Waals surface area contributed by atoms with Crippen molar-refractivity contribution in [2.24, 2.45) is 11.7 Å².